The van der Waals surface area contributed by atoms with Crippen LogP contribution >= 0.6 is 0 Å². The smallest absolute Gasteiger partial charge is 0.351 e. The number of esters is 4. The molecule has 0 radical (unpaired) electrons. The molecule has 118 valence electrons. The molecule has 0 saturated carbocycles. The van der Waals surface area contributed by atoms with Gasteiger partial charge >= 0.3 is 23.9 Å². The van der Waals surface area contributed by atoms with Crippen molar-refractivity contribution in [2.24, 2.45) is 5.41 Å². The Labute approximate surface area is 123 Å². The Morgan fingerprint density at radius 3 is 1.90 bits per heavy atom. The predicted octanol–water partition coefficient (Wildman–Crippen LogP) is 1.15. The molecule has 0 unspecified atom stereocenters. The molecule has 0 aliphatic carbocycles. The number of ether oxygens (including phenoxy) is 3. The van der Waals surface area contributed by atoms with Crippen molar-refractivity contribution in [2.75, 3.05) is 13.2 Å². The zero-order chi connectivity index (χ0) is 16.5. The minimum atomic E-state index is -0.970. The molecule has 0 N–H and O–H groups in total. The van der Waals surface area contributed by atoms with E-state index in [4.69, 9.17) is 0 Å². The van der Waals surface area contributed by atoms with E-state index in [9.17, 15) is 19.2 Å². The summed E-state index contributed by atoms with van der Waals surface area (Å²) < 4.78 is 13.5. The van der Waals surface area contributed by atoms with E-state index in [0.29, 0.717) is 0 Å². The van der Waals surface area contributed by atoms with Crippen molar-refractivity contribution in [3.05, 3.63) is 12.2 Å². The summed E-state index contributed by atoms with van der Waals surface area (Å²) in [4.78, 5) is 44.7. The van der Waals surface area contributed by atoms with Crippen molar-refractivity contribution in [1.29, 1.82) is 0 Å². The van der Waals surface area contributed by atoms with Gasteiger partial charge in [-0.05, 0) is 12.3 Å². The highest BCUT2D eigenvalue weighted by Crippen LogP contribution is 2.18. The number of carbonyl (C=O) groups excluding carboxylic acids is 4. The lowest BCUT2D eigenvalue weighted by atomic mass is 9.92. The molecule has 0 rings (SSSR count). The van der Waals surface area contributed by atoms with Crippen LogP contribution in [-0.4, -0.2) is 37.1 Å². The molecule has 0 aliphatic heterocycles. The largest absolute Gasteiger partial charge is 0.463 e. The van der Waals surface area contributed by atoms with Crippen LogP contribution in [0.3, 0.4) is 0 Å². The number of hydrogen-bond donors (Lipinski definition) is 0. The Bertz CT molecular complexity index is 429. The van der Waals surface area contributed by atoms with E-state index in [1.54, 1.807) is 6.92 Å². The first-order valence-electron chi connectivity index (χ1n) is 6.39. The summed E-state index contributed by atoms with van der Waals surface area (Å²) in [7, 11) is 0. The first kappa shape index (κ1) is 18.8. The quantitative estimate of drug-likeness (QED) is 0.314. The van der Waals surface area contributed by atoms with Gasteiger partial charge in [-0.25, -0.2) is 14.4 Å². The standard InChI is InChI=1S/C14H20O7/c1-5-19-10(15)6-7-11(16)20-9-13(18)21-12(17)8-14(2,3)4/h6-7H,5,8-9H2,1-4H3/b7-6-. The molecular formula is C14H20O7. The van der Waals surface area contributed by atoms with E-state index in [1.165, 1.54) is 0 Å². The van der Waals surface area contributed by atoms with Crippen molar-refractivity contribution in [3.8, 4) is 0 Å². The third kappa shape index (κ3) is 11.4. The lowest BCUT2D eigenvalue weighted by molar-refractivity contribution is -0.166. The summed E-state index contributed by atoms with van der Waals surface area (Å²) in [6.07, 6.45) is 1.76. The molecule has 0 aliphatic rings. The fraction of sp³-hybridized carbons (Fsp3) is 0.571. The minimum absolute atomic E-state index is 0.0649. The Kier molecular flexibility index (Phi) is 7.96. The second-order valence-electron chi connectivity index (χ2n) is 5.28. The molecule has 7 heteroatoms. The number of rotatable bonds is 6. The second kappa shape index (κ2) is 8.89. The number of carbonyl (C=O) groups is 4. The van der Waals surface area contributed by atoms with E-state index >= 15 is 0 Å². The van der Waals surface area contributed by atoms with Gasteiger partial charge < -0.3 is 14.2 Å². The maximum Gasteiger partial charge on any atom is 0.351 e. The van der Waals surface area contributed by atoms with Gasteiger partial charge in [0.2, 0.25) is 0 Å². The van der Waals surface area contributed by atoms with Gasteiger partial charge in [0.15, 0.2) is 6.61 Å². The summed E-state index contributed by atoms with van der Waals surface area (Å²) in [6, 6.07) is 0. The molecule has 0 atom stereocenters. The highest BCUT2D eigenvalue weighted by Gasteiger charge is 2.20. The molecule has 0 aromatic carbocycles. The van der Waals surface area contributed by atoms with E-state index in [0.717, 1.165) is 12.2 Å². The number of hydrogen-bond acceptors (Lipinski definition) is 7. The first-order valence-corrected chi connectivity index (χ1v) is 6.39. The van der Waals surface area contributed by atoms with Crippen molar-refractivity contribution in [2.45, 2.75) is 34.1 Å². The van der Waals surface area contributed by atoms with Crippen molar-refractivity contribution < 1.29 is 33.4 Å². The Hall–Kier alpha value is -2.18. The minimum Gasteiger partial charge on any atom is -0.463 e. The molecule has 0 bridgehead atoms. The molecule has 0 spiro atoms. The van der Waals surface area contributed by atoms with Crippen LogP contribution in [0.25, 0.3) is 0 Å². The monoisotopic (exact) mass is 300 g/mol. The lowest BCUT2D eigenvalue weighted by Crippen LogP contribution is -2.22. The van der Waals surface area contributed by atoms with E-state index in [2.05, 4.69) is 14.2 Å². The van der Waals surface area contributed by atoms with Crippen LogP contribution in [0.4, 0.5) is 0 Å². The van der Waals surface area contributed by atoms with E-state index in [1.807, 2.05) is 20.8 Å². The second-order valence-corrected chi connectivity index (χ2v) is 5.28. The van der Waals surface area contributed by atoms with Gasteiger partial charge in [0, 0.05) is 12.2 Å². The molecule has 0 aromatic heterocycles. The topological polar surface area (TPSA) is 96.0 Å². The average Bonchev–Trinajstić information content (AvgIpc) is 2.31. The van der Waals surface area contributed by atoms with Crippen LogP contribution in [0.1, 0.15) is 34.1 Å². The summed E-state index contributed by atoms with van der Waals surface area (Å²) in [5, 5.41) is 0. The van der Waals surface area contributed by atoms with Gasteiger partial charge in [0.1, 0.15) is 0 Å². The van der Waals surface area contributed by atoms with Crippen molar-refractivity contribution in [1.82, 2.24) is 0 Å². The molecule has 0 amide bonds. The van der Waals surface area contributed by atoms with Gasteiger partial charge in [0.05, 0.1) is 13.0 Å². The summed E-state index contributed by atoms with van der Waals surface area (Å²) in [5.41, 5.74) is -0.309. The fourth-order valence-electron chi connectivity index (χ4n) is 1.13. The molecular weight excluding hydrogens is 280 g/mol. The summed E-state index contributed by atoms with van der Waals surface area (Å²) >= 11 is 0. The highest BCUT2D eigenvalue weighted by atomic mass is 16.6. The Balaban J connectivity index is 4.06. The maximum absolute atomic E-state index is 11.3. The van der Waals surface area contributed by atoms with Crippen LogP contribution in [0, 0.1) is 5.41 Å². The third-order valence-electron chi connectivity index (χ3n) is 1.88. The van der Waals surface area contributed by atoms with Gasteiger partial charge in [-0.2, -0.15) is 0 Å². The molecule has 0 saturated heterocycles. The Morgan fingerprint density at radius 1 is 0.905 bits per heavy atom. The van der Waals surface area contributed by atoms with Gasteiger partial charge in [-0.3, -0.25) is 4.79 Å². The predicted molar refractivity (Wildman–Crippen MR) is 71.9 cm³/mol. The van der Waals surface area contributed by atoms with Crippen LogP contribution in [0.5, 0.6) is 0 Å². The van der Waals surface area contributed by atoms with Crippen molar-refractivity contribution >= 4 is 23.9 Å². The van der Waals surface area contributed by atoms with Crippen molar-refractivity contribution in [3.63, 3.8) is 0 Å². The summed E-state index contributed by atoms with van der Waals surface area (Å²) in [5.74, 6) is -3.27. The zero-order valence-electron chi connectivity index (χ0n) is 12.6. The highest BCUT2D eigenvalue weighted by molar-refractivity contribution is 5.93. The molecule has 21 heavy (non-hydrogen) atoms. The average molecular weight is 300 g/mol. The first-order chi connectivity index (χ1) is 9.64. The van der Waals surface area contributed by atoms with Crippen LogP contribution in [0.15, 0.2) is 12.2 Å². The Morgan fingerprint density at radius 2 is 1.43 bits per heavy atom. The summed E-state index contributed by atoms with van der Waals surface area (Å²) in [6.45, 7) is 6.55. The SMILES string of the molecule is CCOC(=O)/C=C\C(=O)OCC(=O)OC(=O)CC(C)(C)C. The molecule has 0 heterocycles. The van der Waals surface area contributed by atoms with Crippen LogP contribution in [0.2, 0.25) is 0 Å². The normalized spacial score (nSPS) is 11.0. The van der Waals surface area contributed by atoms with Gasteiger partial charge in [-0.1, -0.05) is 20.8 Å². The molecule has 7 nitrogen and oxygen atoms in total. The third-order valence-corrected chi connectivity index (χ3v) is 1.88. The molecule has 0 aromatic rings. The van der Waals surface area contributed by atoms with Crippen LogP contribution < -0.4 is 0 Å². The van der Waals surface area contributed by atoms with Gasteiger partial charge in [0.25, 0.3) is 0 Å². The van der Waals surface area contributed by atoms with Gasteiger partial charge in [-0.15, -0.1) is 0 Å². The fourth-order valence-corrected chi connectivity index (χ4v) is 1.13. The zero-order valence-corrected chi connectivity index (χ0v) is 12.6. The molecule has 0 fully saturated rings. The van der Waals surface area contributed by atoms with E-state index < -0.39 is 30.5 Å². The van der Waals surface area contributed by atoms with E-state index in [-0.39, 0.29) is 18.4 Å². The maximum atomic E-state index is 11.3. The van der Waals surface area contributed by atoms with Crippen LogP contribution in [-0.2, 0) is 33.4 Å². The lowest BCUT2D eigenvalue weighted by Gasteiger charge is -2.15.